The van der Waals surface area contributed by atoms with Crippen molar-refractivity contribution in [3.63, 3.8) is 0 Å². The zero-order valence-corrected chi connectivity index (χ0v) is 10.2. The zero-order valence-electron chi connectivity index (χ0n) is 10.2. The SMILES string of the molecule is C=CC1CC1(NC(=O)c1ccc[nH]1)C(=O)OCC. The van der Waals surface area contributed by atoms with Gasteiger partial charge >= 0.3 is 5.97 Å². The van der Waals surface area contributed by atoms with Crippen molar-refractivity contribution in [1.29, 1.82) is 0 Å². The standard InChI is InChI=1S/C13H16N2O3/c1-3-9-8-13(9,12(17)18-4-2)15-11(16)10-6-5-7-14-10/h3,5-7,9,14H,1,4,8H2,2H3,(H,15,16). The molecule has 1 amide bonds. The van der Waals surface area contributed by atoms with Crippen LogP contribution in [0.4, 0.5) is 0 Å². The first kappa shape index (κ1) is 12.4. The predicted molar refractivity (Wildman–Crippen MR) is 65.9 cm³/mol. The average molecular weight is 248 g/mol. The van der Waals surface area contributed by atoms with Gasteiger partial charge in [-0.2, -0.15) is 0 Å². The summed E-state index contributed by atoms with van der Waals surface area (Å²) in [5.74, 6) is -0.761. The highest BCUT2D eigenvalue weighted by atomic mass is 16.5. The number of nitrogens with one attached hydrogen (secondary N) is 2. The molecule has 0 saturated heterocycles. The minimum Gasteiger partial charge on any atom is -0.464 e. The van der Waals surface area contributed by atoms with Crippen molar-refractivity contribution >= 4 is 11.9 Å². The van der Waals surface area contributed by atoms with Crippen LogP contribution in [0.15, 0.2) is 31.0 Å². The molecule has 0 bridgehead atoms. The Morgan fingerprint density at radius 1 is 1.72 bits per heavy atom. The van der Waals surface area contributed by atoms with Crippen LogP contribution < -0.4 is 5.32 Å². The van der Waals surface area contributed by atoms with Gasteiger partial charge in [0.05, 0.1) is 6.61 Å². The molecule has 0 aliphatic heterocycles. The molecule has 2 rings (SSSR count). The Labute approximate surface area is 105 Å². The molecule has 2 N–H and O–H groups in total. The van der Waals surface area contributed by atoms with Gasteiger partial charge in [-0.05, 0) is 25.5 Å². The van der Waals surface area contributed by atoms with E-state index in [0.29, 0.717) is 18.7 Å². The molecule has 96 valence electrons. The molecule has 18 heavy (non-hydrogen) atoms. The normalized spacial score (nSPS) is 25.3. The monoisotopic (exact) mass is 248 g/mol. The fraction of sp³-hybridized carbons (Fsp3) is 0.385. The molecular weight excluding hydrogens is 232 g/mol. The second kappa shape index (κ2) is 4.68. The Morgan fingerprint density at radius 2 is 2.50 bits per heavy atom. The second-order valence-corrected chi connectivity index (χ2v) is 4.28. The molecule has 1 fully saturated rings. The third kappa shape index (κ3) is 2.03. The highest BCUT2D eigenvalue weighted by molar-refractivity contribution is 5.98. The van der Waals surface area contributed by atoms with E-state index < -0.39 is 11.5 Å². The Morgan fingerprint density at radius 3 is 3.00 bits per heavy atom. The van der Waals surface area contributed by atoms with Gasteiger partial charge in [-0.25, -0.2) is 4.79 Å². The van der Waals surface area contributed by atoms with E-state index in [4.69, 9.17) is 4.74 Å². The van der Waals surface area contributed by atoms with Crippen LogP contribution in [-0.4, -0.2) is 29.0 Å². The maximum Gasteiger partial charge on any atom is 0.332 e. The third-order valence-corrected chi connectivity index (χ3v) is 3.12. The first-order valence-electron chi connectivity index (χ1n) is 5.89. The lowest BCUT2D eigenvalue weighted by molar-refractivity contribution is -0.147. The number of hydrogen-bond acceptors (Lipinski definition) is 3. The average Bonchev–Trinajstić information content (AvgIpc) is 2.82. The number of aromatic amines is 1. The second-order valence-electron chi connectivity index (χ2n) is 4.28. The first-order valence-corrected chi connectivity index (χ1v) is 5.89. The number of aromatic nitrogens is 1. The summed E-state index contributed by atoms with van der Waals surface area (Å²) in [5.41, 5.74) is -0.506. The Hall–Kier alpha value is -2.04. The van der Waals surface area contributed by atoms with Gasteiger partial charge in [0, 0.05) is 12.1 Å². The van der Waals surface area contributed by atoms with E-state index in [2.05, 4.69) is 16.9 Å². The molecule has 1 aliphatic carbocycles. The van der Waals surface area contributed by atoms with E-state index in [9.17, 15) is 9.59 Å². The number of esters is 1. The van der Waals surface area contributed by atoms with Crippen LogP contribution in [0.5, 0.6) is 0 Å². The minimum absolute atomic E-state index is 0.0598. The fourth-order valence-electron chi connectivity index (χ4n) is 2.00. The number of hydrogen-bond donors (Lipinski definition) is 2. The summed E-state index contributed by atoms with van der Waals surface area (Å²) in [6.45, 7) is 5.70. The van der Waals surface area contributed by atoms with Crippen LogP contribution in [0.3, 0.4) is 0 Å². The number of carbonyl (C=O) groups excluding carboxylic acids is 2. The maximum atomic E-state index is 11.9. The van der Waals surface area contributed by atoms with Gasteiger partial charge in [0.2, 0.25) is 0 Å². The van der Waals surface area contributed by atoms with Gasteiger partial charge in [0.15, 0.2) is 0 Å². The lowest BCUT2D eigenvalue weighted by atomic mass is 10.2. The fourth-order valence-corrected chi connectivity index (χ4v) is 2.00. The highest BCUT2D eigenvalue weighted by Gasteiger charge is 2.61. The lowest BCUT2D eigenvalue weighted by Gasteiger charge is -2.16. The summed E-state index contributed by atoms with van der Waals surface area (Å²) in [6, 6.07) is 3.38. The molecule has 1 heterocycles. The van der Waals surface area contributed by atoms with Crippen LogP contribution >= 0.6 is 0 Å². The molecule has 2 unspecified atom stereocenters. The van der Waals surface area contributed by atoms with Crippen molar-refractivity contribution in [3.05, 3.63) is 36.7 Å². The summed E-state index contributed by atoms with van der Waals surface area (Å²) in [7, 11) is 0. The van der Waals surface area contributed by atoms with E-state index in [-0.39, 0.29) is 11.8 Å². The molecule has 1 aromatic heterocycles. The van der Waals surface area contributed by atoms with E-state index in [0.717, 1.165) is 0 Å². The molecule has 1 aromatic rings. The number of amides is 1. The lowest BCUT2D eigenvalue weighted by Crippen LogP contribution is -2.46. The van der Waals surface area contributed by atoms with E-state index in [1.807, 2.05) is 0 Å². The smallest absolute Gasteiger partial charge is 0.332 e. The van der Waals surface area contributed by atoms with Crippen LogP contribution in [0.25, 0.3) is 0 Å². The Bertz CT molecular complexity index is 467. The van der Waals surface area contributed by atoms with Gasteiger partial charge in [0.1, 0.15) is 11.2 Å². The van der Waals surface area contributed by atoms with Gasteiger partial charge in [-0.15, -0.1) is 6.58 Å². The number of ether oxygens (including phenoxy) is 1. The molecule has 2 atom stereocenters. The van der Waals surface area contributed by atoms with E-state index >= 15 is 0 Å². The highest BCUT2D eigenvalue weighted by Crippen LogP contribution is 2.45. The van der Waals surface area contributed by atoms with E-state index in [1.165, 1.54) is 0 Å². The molecule has 5 heteroatoms. The van der Waals surface area contributed by atoms with Gasteiger partial charge in [0.25, 0.3) is 5.91 Å². The zero-order chi connectivity index (χ0) is 13.2. The quantitative estimate of drug-likeness (QED) is 0.608. The Balaban J connectivity index is 2.11. The maximum absolute atomic E-state index is 11.9. The summed E-state index contributed by atoms with van der Waals surface area (Å²) in [4.78, 5) is 26.7. The number of carbonyl (C=O) groups is 2. The summed E-state index contributed by atoms with van der Waals surface area (Å²) < 4.78 is 5.01. The van der Waals surface area contributed by atoms with Crippen molar-refractivity contribution in [2.24, 2.45) is 5.92 Å². The first-order chi connectivity index (χ1) is 8.64. The molecule has 5 nitrogen and oxygen atoms in total. The summed E-state index contributed by atoms with van der Waals surface area (Å²) >= 11 is 0. The van der Waals surface area contributed by atoms with Gasteiger partial charge in [-0.1, -0.05) is 6.08 Å². The molecule has 1 aliphatic rings. The molecule has 0 spiro atoms. The van der Waals surface area contributed by atoms with Crippen molar-refractivity contribution in [3.8, 4) is 0 Å². The molecule has 0 aromatic carbocycles. The topological polar surface area (TPSA) is 71.2 Å². The predicted octanol–water partition coefficient (Wildman–Crippen LogP) is 1.25. The van der Waals surface area contributed by atoms with Crippen molar-refractivity contribution in [2.75, 3.05) is 6.61 Å². The summed E-state index contributed by atoms with van der Waals surface area (Å²) in [5, 5.41) is 2.74. The van der Waals surface area contributed by atoms with Crippen LogP contribution in [-0.2, 0) is 9.53 Å². The van der Waals surface area contributed by atoms with Crippen LogP contribution in [0.1, 0.15) is 23.8 Å². The minimum atomic E-state index is -0.931. The van der Waals surface area contributed by atoms with Gasteiger partial charge < -0.3 is 15.0 Å². The Kier molecular flexibility index (Phi) is 3.23. The van der Waals surface area contributed by atoms with Crippen LogP contribution in [0.2, 0.25) is 0 Å². The number of H-pyrrole nitrogens is 1. The van der Waals surface area contributed by atoms with Crippen molar-refractivity contribution in [1.82, 2.24) is 10.3 Å². The summed E-state index contributed by atoms with van der Waals surface area (Å²) in [6.07, 6.45) is 3.87. The largest absolute Gasteiger partial charge is 0.464 e. The molecule has 1 saturated carbocycles. The van der Waals surface area contributed by atoms with Crippen molar-refractivity contribution in [2.45, 2.75) is 18.9 Å². The third-order valence-electron chi connectivity index (χ3n) is 3.12. The number of rotatable bonds is 5. The van der Waals surface area contributed by atoms with Gasteiger partial charge in [-0.3, -0.25) is 4.79 Å². The van der Waals surface area contributed by atoms with Crippen LogP contribution in [0, 0.1) is 5.92 Å². The molecular formula is C13H16N2O3. The molecule has 0 radical (unpaired) electrons. The van der Waals surface area contributed by atoms with Crippen molar-refractivity contribution < 1.29 is 14.3 Å². The van der Waals surface area contributed by atoms with E-state index in [1.54, 1.807) is 31.3 Å².